The van der Waals surface area contributed by atoms with E-state index in [2.05, 4.69) is 16.1 Å². The maximum atomic E-state index is 13.7. The van der Waals surface area contributed by atoms with E-state index in [1.54, 1.807) is 5.32 Å². The van der Waals surface area contributed by atoms with Crippen LogP contribution in [0.1, 0.15) is 33.1 Å². The van der Waals surface area contributed by atoms with E-state index in [9.17, 15) is 66.5 Å². The Morgan fingerprint density at radius 1 is 0.971 bits per heavy atom. The Labute approximate surface area is 191 Å². The van der Waals surface area contributed by atoms with Gasteiger partial charge in [0, 0.05) is 12.5 Å². The fourth-order valence-electron chi connectivity index (χ4n) is 2.07. The molecule has 0 radical (unpaired) electrons. The summed E-state index contributed by atoms with van der Waals surface area (Å²) in [5.41, 5.74) is -2.47. The summed E-state index contributed by atoms with van der Waals surface area (Å²) in [6, 6.07) is -1.12. The number of amides is 1. The molecular formula is C16H18F10NO7S-. The van der Waals surface area contributed by atoms with E-state index < -0.39 is 88.8 Å². The monoisotopic (exact) mass is 558 g/mol. The SMILES string of the molecule is C=C(C(=O)OC(OCCCCC(F)(F)C(F)(F)S(=O)(=O)[O-])(C(=O)NC(C)C)C(F)(F)F)C(F)(F)F. The van der Waals surface area contributed by atoms with Crippen LogP contribution in [0, 0.1) is 0 Å². The molecule has 19 heteroatoms. The number of alkyl halides is 10. The summed E-state index contributed by atoms with van der Waals surface area (Å²) in [5, 5.41) is -4.49. The van der Waals surface area contributed by atoms with E-state index in [4.69, 9.17) is 0 Å². The normalized spacial score (nSPS) is 15.5. The first kappa shape index (κ1) is 32.8. The van der Waals surface area contributed by atoms with Crippen LogP contribution in [0.25, 0.3) is 0 Å². The number of carbonyl (C=O) groups excluding carboxylic acids is 2. The van der Waals surface area contributed by atoms with Gasteiger partial charge in [0.25, 0.3) is 0 Å². The lowest BCUT2D eigenvalue weighted by Gasteiger charge is -2.34. The van der Waals surface area contributed by atoms with E-state index in [0.29, 0.717) is 0 Å². The molecule has 0 spiro atoms. The number of hydrogen-bond donors (Lipinski definition) is 1. The zero-order chi connectivity index (χ0) is 28.3. The Bertz CT molecular complexity index is 899. The minimum atomic E-state index is -6.83. The first-order valence-electron chi connectivity index (χ1n) is 9.05. The molecule has 1 atom stereocenters. The van der Waals surface area contributed by atoms with E-state index in [0.717, 1.165) is 13.8 Å². The van der Waals surface area contributed by atoms with Gasteiger partial charge in [0.2, 0.25) is 0 Å². The van der Waals surface area contributed by atoms with Crippen molar-refractivity contribution in [1.29, 1.82) is 0 Å². The van der Waals surface area contributed by atoms with Crippen LogP contribution < -0.4 is 5.32 Å². The van der Waals surface area contributed by atoms with Gasteiger partial charge in [-0.1, -0.05) is 6.58 Å². The first-order chi connectivity index (χ1) is 15.3. The Hall–Kier alpha value is -2.15. The van der Waals surface area contributed by atoms with Crippen molar-refractivity contribution in [2.45, 2.75) is 68.5 Å². The van der Waals surface area contributed by atoms with Crippen molar-refractivity contribution in [2.75, 3.05) is 6.61 Å². The standard InChI is InChI=1S/C16H19F10NO7S/c1-8(2)27-11(29)13(15(22,23)24,34-10(28)9(3)14(19,20)21)33-7-5-4-6-12(17,18)16(25,26)35(30,31)32/h8H,3-7H2,1-2H3,(H,27,29)(H,30,31,32)/p-1. The van der Waals surface area contributed by atoms with Gasteiger partial charge in [-0.3, -0.25) is 4.79 Å². The van der Waals surface area contributed by atoms with Crippen LogP contribution >= 0.6 is 0 Å². The number of esters is 1. The number of unbranched alkanes of at least 4 members (excludes halogenated alkanes) is 1. The average Bonchev–Trinajstić information content (AvgIpc) is 2.62. The van der Waals surface area contributed by atoms with Crippen LogP contribution in [0.2, 0.25) is 0 Å². The summed E-state index contributed by atoms with van der Waals surface area (Å²) in [4.78, 5) is 23.7. The average molecular weight is 558 g/mol. The van der Waals surface area contributed by atoms with Gasteiger partial charge in [-0.2, -0.15) is 43.9 Å². The van der Waals surface area contributed by atoms with Crippen LogP contribution in [0.5, 0.6) is 0 Å². The second kappa shape index (κ2) is 10.9. The molecule has 0 aliphatic rings. The maximum absolute atomic E-state index is 13.7. The fourth-order valence-corrected chi connectivity index (χ4v) is 2.54. The Balaban J connectivity index is 5.79. The van der Waals surface area contributed by atoms with Gasteiger partial charge in [0.1, 0.15) is 5.57 Å². The summed E-state index contributed by atoms with van der Waals surface area (Å²) >= 11 is 0. The summed E-state index contributed by atoms with van der Waals surface area (Å²) < 4.78 is 171. The van der Waals surface area contributed by atoms with Gasteiger partial charge in [-0.15, -0.1) is 0 Å². The molecule has 1 unspecified atom stereocenters. The fraction of sp³-hybridized carbons (Fsp3) is 0.750. The van der Waals surface area contributed by atoms with E-state index in [1.165, 1.54) is 0 Å². The molecule has 0 heterocycles. The van der Waals surface area contributed by atoms with Gasteiger partial charge < -0.3 is 19.3 Å². The molecule has 0 saturated heterocycles. The third-order valence-electron chi connectivity index (χ3n) is 3.85. The summed E-state index contributed by atoms with van der Waals surface area (Å²) in [7, 11) is -6.83. The molecule has 0 fully saturated rings. The molecule has 8 nitrogen and oxygen atoms in total. The zero-order valence-electron chi connectivity index (χ0n) is 17.7. The minimum absolute atomic E-state index is 1.07. The van der Waals surface area contributed by atoms with Crippen molar-refractivity contribution < 1.29 is 75.9 Å². The molecule has 1 amide bonds. The Morgan fingerprint density at radius 3 is 1.83 bits per heavy atom. The number of carbonyl (C=O) groups is 2. The molecule has 0 saturated carbocycles. The number of halogens is 10. The highest BCUT2D eigenvalue weighted by molar-refractivity contribution is 7.86. The first-order valence-corrected chi connectivity index (χ1v) is 10.5. The Kier molecular flexibility index (Phi) is 10.2. The summed E-state index contributed by atoms with van der Waals surface area (Å²) in [6.07, 6.45) is -16.0. The van der Waals surface area contributed by atoms with E-state index in [1.807, 2.05) is 0 Å². The topological polar surface area (TPSA) is 122 Å². The van der Waals surface area contributed by atoms with Gasteiger partial charge in [-0.25, -0.2) is 13.2 Å². The maximum Gasteiger partial charge on any atom is 0.466 e. The molecule has 0 aliphatic carbocycles. The van der Waals surface area contributed by atoms with Crippen LogP contribution in [-0.2, 0) is 29.2 Å². The highest BCUT2D eigenvalue weighted by Gasteiger charge is 2.67. The molecule has 0 aromatic carbocycles. The minimum Gasteiger partial charge on any atom is -0.743 e. The van der Waals surface area contributed by atoms with Gasteiger partial charge in [0.15, 0.2) is 10.1 Å². The van der Waals surface area contributed by atoms with Crippen LogP contribution in [-0.4, -0.2) is 66.8 Å². The largest absolute Gasteiger partial charge is 0.743 e. The molecule has 0 aromatic heterocycles. The number of rotatable bonds is 12. The number of hydrogen-bond acceptors (Lipinski definition) is 7. The molecule has 0 aromatic rings. The molecule has 206 valence electrons. The predicted molar refractivity (Wildman–Crippen MR) is 92.7 cm³/mol. The third-order valence-corrected chi connectivity index (χ3v) is 4.77. The smallest absolute Gasteiger partial charge is 0.466 e. The Morgan fingerprint density at radius 2 is 1.46 bits per heavy atom. The quantitative estimate of drug-likeness (QED) is 0.0974. The lowest BCUT2D eigenvalue weighted by atomic mass is 10.1. The predicted octanol–water partition coefficient (Wildman–Crippen LogP) is 3.39. The number of ether oxygens (including phenoxy) is 2. The highest BCUT2D eigenvalue weighted by Crippen LogP contribution is 2.42. The van der Waals surface area contributed by atoms with E-state index >= 15 is 0 Å². The van der Waals surface area contributed by atoms with Gasteiger partial charge in [-0.05, 0) is 26.7 Å². The van der Waals surface area contributed by atoms with Gasteiger partial charge >= 0.3 is 41.2 Å². The van der Waals surface area contributed by atoms with Crippen molar-refractivity contribution in [1.82, 2.24) is 5.32 Å². The molecule has 35 heavy (non-hydrogen) atoms. The van der Waals surface area contributed by atoms with Crippen molar-refractivity contribution in [3.63, 3.8) is 0 Å². The van der Waals surface area contributed by atoms with Gasteiger partial charge in [0.05, 0.1) is 6.61 Å². The van der Waals surface area contributed by atoms with Crippen molar-refractivity contribution in [3.05, 3.63) is 12.2 Å². The van der Waals surface area contributed by atoms with Crippen LogP contribution in [0.15, 0.2) is 12.2 Å². The molecular weight excluding hydrogens is 540 g/mol. The van der Waals surface area contributed by atoms with Crippen LogP contribution in [0.3, 0.4) is 0 Å². The van der Waals surface area contributed by atoms with Crippen molar-refractivity contribution in [2.24, 2.45) is 0 Å². The van der Waals surface area contributed by atoms with E-state index in [-0.39, 0.29) is 0 Å². The molecule has 1 N–H and O–H groups in total. The zero-order valence-corrected chi connectivity index (χ0v) is 18.5. The second-order valence-corrected chi connectivity index (χ2v) is 8.51. The lowest BCUT2D eigenvalue weighted by Crippen LogP contribution is -2.62. The third kappa shape index (κ3) is 7.92. The highest BCUT2D eigenvalue weighted by atomic mass is 32.2. The van der Waals surface area contributed by atoms with Crippen molar-refractivity contribution in [3.8, 4) is 0 Å². The molecule has 0 aliphatic heterocycles. The summed E-state index contributed by atoms with van der Waals surface area (Å²) in [5.74, 6) is -15.3. The lowest BCUT2D eigenvalue weighted by molar-refractivity contribution is -0.348. The number of nitrogens with one attached hydrogen (secondary N) is 1. The second-order valence-electron chi connectivity index (χ2n) is 7.09. The van der Waals surface area contributed by atoms with Crippen molar-refractivity contribution >= 4 is 22.0 Å². The van der Waals surface area contributed by atoms with Crippen LogP contribution in [0.4, 0.5) is 43.9 Å². The molecule has 0 rings (SSSR count). The summed E-state index contributed by atoms with van der Waals surface area (Å²) in [6.45, 7) is 2.91. The molecule has 0 bridgehead atoms.